The summed E-state index contributed by atoms with van der Waals surface area (Å²) in [5.41, 5.74) is 0. The van der Waals surface area contributed by atoms with Gasteiger partial charge in [-0.3, -0.25) is 18.2 Å². The summed E-state index contributed by atoms with van der Waals surface area (Å²) >= 11 is 0. The van der Waals surface area contributed by atoms with Gasteiger partial charge in [0.25, 0.3) is 0 Å². The predicted molar refractivity (Wildman–Crippen MR) is 57.1 cm³/mol. The topological polar surface area (TPSA) is 61.8 Å². The molecule has 1 unspecified atom stereocenters. The van der Waals surface area contributed by atoms with Crippen LogP contribution < -0.4 is 0 Å². The predicted octanol–water partition coefficient (Wildman–Crippen LogP) is 3.81. The molecular formula is C7H12F6O5P2. The molecule has 0 aromatic rings. The van der Waals surface area contributed by atoms with E-state index in [4.69, 9.17) is 0 Å². The molecule has 5 nitrogen and oxygen atoms in total. The molecule has 0 aliphatic rings. The molecule has 0 radical (unpaired) electrons. The van der Waals surface area contributed by atoms with Crippen LogP contribution in [-0.4, -0.2) is 38.1 Å². The zero-order chi connectivity index (χ0) is 16.0. The van der Waals surface area contributed by atoms with Crippen LogP contribution in [0, 0.1) is 0 Å². The van der Waals surface area contributed by atoms with Crippen LogP contribution in [0.1, 0.15) is 6.92 Å². The van der Waals surface area contributed by atoms with Crippen molar-refractivity contribution in [1.82, 2.24) is 0 Å². The molecule has 13 heteroatoms. The molecule has 0 rings (SSSR count). The Labute approximate surface area is 111 Å². The van der Waals surface area contributed by atoms with Crippen molar-refractivity contribution in [2.45, 2.75) is 19.3 Å². The Morgan fingerprint density at radius 1 is 1.00 bits per heavy atom. The van der Waals surface area contributed by atoms with Gasteiger partial charge in [-0.25, -0.2) is 0 Å². The van der Waals surface area contributed by atoms with Crippen molar-refractivity contribution in [1.29, 1.82) is 0 Å². The molecular weight excluding hydrogens is 340 g/mol. The van der Waals surface area contributed by atoms with E-state index in [1.54, 1.807) is 0 Å². The lowest BCUT2D eigenvalue weighted by atomic mass is 10.7. The van der Waals surface area contributed by atoms with E-state index in [1.165, 1.54) is 6.92 Å². The van der Waals surface area contributed by atoms with Crippen LogP contribution >= 0.6 is 15.6 Å². The molecule has 0 bridgehead atoms. The third-order valence-corrected chi connectivity index (χ3v) is 5.72. The van der Waals surface area contributed by atoms with Gasteiger partial charge >= 0.3 is 19.9 Å². The zero-order valence-electron chi connectivity index (χ0n) is 10.1. The first-order valence-electron chi connectivity index (χ1n) is 5.04. The van der Waals surface area contributed by atoms with Gasteiger partial charge in [0.2, 0.25) is 8.03 Å². The van der Waals surface area contributed by atoms with Gasteiger partial charge in [-0.2, -0.15) is 26.3 Å². The van der Waals surface area contributed by atoms with E-state index in [0.29, 0.717) is 0 Å². The van der Waals surface area contributed by atoms with Crippen LogP contribution in [0.2, 0.25) is 0 Å². The van der Waals surface area contributed by atoms with E-state index >= 15 is 0 Å². The largest absolute Gasteiger partial charge is 0.412 e. The smallest absolute Gasteiger partial charge is 0.330 e. The first-order chi connectivity index (χ1) is 8.87. The van der Waals surface area contributed by atoms with Crippen LogP contribution in [0.3, 0.4) is 0 Å². The number of halogens is 6. The second-order valence-corrected chi connectivity index (χ2v) is 7.39. The first kappa shape index (κ1) is 19.9. The Morgan fingerprint density at radius 2 is 1.40 bits per heavy atom. The minimum atomic E-state index is -4.92. The molecule has 0 N–H and O–H groups in total. The third kappa shape index (κ3) is 10.7. The minimum Gasteiger partial charge on any atom is -0.330 e. The monoisotopic (exact) mass is 352 g/mol. The fourth-order valence-electron chi connectivity index (χ4n) is 0.836. The van der Waals surface area contributed by atoms with E-state index in [1.807, 2.05) is 0 Å². The lowest BCUT2D eigenvalue weighted by molar-refractivity contribution is -0.165. The number of rotatable bonds is 8. The minimum absolute atomic E-state index is 0.115. The Kier molecular flexibility index (Phi) is 7.76. The van der Waals surface area contributed by atoms with Gasteiger partial charge in [-0.05, 0) is 6.92 Å². The summed E-state index contributed by atoms with van der Waals surface area (Å²) in [5, 5.41) is 0. The summed E-state index contributed by atoms with van der Waals surface area (Å²) in [6.45, 7) is -2.89. The van der Waals surface area contributed by atoms with Crippen molar-refractivity contribution in [2.24, 2.45) is 0 Å². The van der Waals surface area contributed by atoms with Crippen LogP contribution in [0.15, 0.2) is 0 Å². The molecule has 1 atom stereocenters. The van der Waals surface area contributed by atoms with Gasteiger partial charge in [-0.1, -0.05) is 0 Å². The van der Waals surface area contributed by atoms with Crippen molar-refractivity contribution in [3.8, 4) is 0 Å². The zero-order valence-corrected chi connectivity index (χ0v) is 12.0. The van der Waals surface area contributed by atoms with Gasteiger partial charge in [0.1, 0.15) is 5.90 Å². The molecule has 0 amide bonds. The number of hydrogen-bond donors (Lipinski definition) is 0. The van der Waals surface area contributed by atoms with Crippen LogP contribution in [0.4, 0.5) is 26.3 Å². The molecule has 20 heavy (non-hydrogen) atoms. The van der Waals surface area contributed by atoms with E-state index in [9.17, 15) is 35.5 Å². The summed E-state index contributed by atoms with van der Waals surface area (Å²) in [5.74, 6) is -1.16. The average molecular weight is 352 g/mol. The highest BCUT2D eigenvalue weighted by molar-refractivity contribution is 7.65. The van der Waals surface area contributed by atoms with E-state index in [0.717, 1.165) is 0 Å². The Balaban J connectivity index is 4.75. The maximum Gasteiger partial charge on any atom is 0.412 e. The molecule has 0 aromatic carbocycles. The molecule has 0 saturated carbocycles. The Hall–Kier alpha value is -0.0800. The SMILES string of the molecule is CCO[PH](=O)CP(=O)(OCC(F)(F)F)OCC(F)(F)F. The molecule has 0 aliphatic heterocycles. The third-order valence-electron chi connectivity index (χ3n) is 1.48. The lowest BCUT2D eigenvalue weighted by Gasteiger charge is -2.19. The fourth-order valence-corrected chi connectivity index (χ4v) is 4.28. The lowest BCUT2D eigenvalue weighted by Crippen LogP contribution is -2.20. The normalized spacial score (nSPS) is 15.3. The van der Waals surface area contributed by atoms with Crippen molar-refractivity contribution >= 4 is 15.6 Å². The highest BCUT2D eigenvalue weighted by atomic mass is 31.2. The maximum absolute atomic E-state index is 11.9. The summed E-state index contributed by atoms with van der Waals surface area (Å²) in [6, 6.07) is 0. The molecule has 0 saturated heterocycles. The number of alkyl halides is 6. The number of hydrogen-bond acceptors (Lipinski definition) is 5. The standard InChI is InChI=1S/C7H12F6O5P2/c1-2-16-19(14)5-20(15,17-3-6(8,9)10)18-4-7(11,12)13/h19H,2-5H2,1H3. The Bertz CT molecular complexity index is 346. The Morgan fingerprint density at radius 3 is 1.70 bits per heavy atom. The summed E-state index contributed by atoms with van der Waals surface area (Å²) < 4.78 is 107. The maximum atomic E-state index is 11.9. The van der Waals surface area contributed by atoms with Crippen LogP contribution in [0.25, 0.3) is 0 Å². The first-order valence-corrected chi connectivity index (χ1v) is 8.29. The fraction of sp³-hybridized carbons (Fsp3) is 1.00. The molecule has 0 fully saturated rings. The van der Waals surface area contributed by atoms with Crippen LogP contribution in [-0.2, 0) is 22.7 Å². The van der Waals surface area contributed by atoms with E-state index < -0.39 is 47.1 Å². The van der Waals surface area contributed by atoms with Crippen molar-refractivity contribution in [2.75, 3.05) is 25.7 Å². The second-order valence-electron chi connectivity index (χ2n) is 3.35. The van der Waals surface area contributed by atoms with E-state index in [2.05, 4.69) is 13.6 Å². The van der Waals surface area contributed by atoms with Crippen molar-refractivity contribution in [3.63, 3.8) is 0 Å². The van der Waals surface area contributed by atoms with Crippen LogP contribution in [0.5, 0.6) is 0 Å². The van der Waals surface area contributed by atoms with Gasteiger partial charge in [-0.15, -0.1) is 0 Å². The van der Waals surface area contributed by atoms with Gasteiger partial charge in [0.05, 0.1) is 6.61 Å². The molecule has 0 heterocycles. The summed E-state index contributed by atoms with van der Waals surface area (Å²) in [4.78, 5) is 0. The quantitative estimate of drug-likeness (QED) is 0.491. The molecule has 122 valence electrons. The summed E-state index contributed by atoms with van der Waals surface area (Å²) in [6.07, 6.45) is -9.84. The van der Waals surface area contributed by atoms with E-state index in [-0.39, 0.29) is 6.61 Å². The highest BCUT2D eigenvalue weighted by Crippen LogP contribution is 2.56. The average Bonchev–Trinajstić information content (AvgIpc) is 2.22. The molecule has 0 aromatic heterocycles. The van der Waals surface area contributed by atoms with Gasteiger partial charge in [0.15, 0.2) is 13.2 Å². The molecule has 0 spiro atoms. The highest BCUT2D eigenvalue weighted by Gasteiger charge is 2.39. The van der Waals surface area contributed by atoms with Crippen molar-refractivity contribution < 1.29 is 49.0 Å². The summed E-state index contributed by atoms with van der Waals surface area (Å²) in [7, 11) is -7.96. The van der Waals surface area contributed by atoms with Gasteiger partial charge in [0, 0.05) is 0 Å². The molecule has 0 aliphatic carbocycles. The van der Waals surface area contributed by atoms with Gasteiger partial charge < -0.3 is 4.52 Å². The van der Waals surface area contributed by atoms with Crippen molar-refractivity contribution in [3.05, 3.63) is 0 Å². The second kappa shape index (κ2) is 7.79.